The van der Waals surface area contributed by atoms with Crippen LogP contribution in [0.5, 0.6) is 0 Å². The normalized spacial score (nSPS) is 15.3. The van der Waals surface area contributed by atoms with Gasteiger partial charge in [-0.1, -0.05) is 23.7 Å². The van der Waals surface area contributed by atoms with Gasteiger partial charge in [0.2, 0.25) is 0 Å². The molecule has 0 unspecified atom stereocenters. The summed E-state index contributed by atoms with van der Waals surface area (Å²) in [6, 6.07) is 10.1. The third-order valence-corrected chi connectivity index (χ3v) is 3.87. The molecule has 0 radical (unpaired) electrons. The van der Waals surface area contributed by atoms with Crippen molar-refractivity contribution in [2.45, 2.75) is 13.0 Å². The molecule has 1 aliphatic heterocycles. The number of carbonyl (C=O) groups excluding carboxylic acids is 2. The molecule has 106 valence electrons. The third-order valence-electron chi connectivity index (χ3n) is 3.62. The summed E-state index contributed by atoms with van der Waals surface area (Å²) >= 11 is 5.83. The second kappa shape index (κ2) is 4.97. The highest BCUT2D eigenvalue weighted by Crippen LogP contribution is 2.31. The number of imide groups is 1. The quantitative estimate of drug-likeness (QED) is 0.791. The molecule has 0 bridgehead atoms. The fourth-order valence-electron chi connectivity index (χ4n) is 2.47. The molecule has 0 aliphatic carbocycles. The molecule has 0 N–H and O–H groups in total. The van der Waals surface area contributed by atoms with Crippen molar-refractivity contribution in [2.24, 2.45) is 0 Å². The molecule has 2 aromatic carbocycles. The van der Waals surface area contributed by atoms with Gasteiger partial charge in [-0.2, -0.15) is 0 Å². The van der Waals surface area contributed by atoms with Gasteiger partial charge in [0.25, 0.3) is 11.8 Å². The standard InChI is InChI=1S/C16H11ClFNO2/c1-9(10-2-4-11(17)5-3-10)19-15(20)13-7-6-12(18)8-14(13)16(19)21/h2-9H,1H3/t9-/m0/s1. The number of hydrogen-bond donors (Lipinski definition) is 0. The zero-order valence-corrected chi connectivity index (χ0v) is 11.9. The summed E-state index contributed by atoms with van der Waals surface area (Å²) in [7, 11) is 0. The minimum Gasteiger partial charge on any atom is -0.269 e. The van der Waals surface area contributed by atoms with Gasteiger partial charge in [0, 0.05) is 5.02 Å². The number of fused-ring (bicyclic) bond motifs is 1. The summed E-state index contributed by atoms with van der Waals surface area (Å²) in [5, 5.41) is 0.579. The van der Waals surface area contributed by atoms with Crippen molar-refractivity contribution < 1.29 is 14.0 Å². The molecule has 3 nitrogen and oxygen atoms in total. The fraction of sp³-hybridized carbons (Fsp3) is 0.125. The maximum absolute atomic E-state index is 13.3. The van der Waals surface area contributed by atoms with Gasteiger partial charge in [-0.25, -0.2) is 4.39 Å². The monoisotopic (exact) mass is 303 g/mol. The number of carbonyl (C=O) groups is 2. The molecule has 1 heterocycles. The first-order valence-electron chi connectivity index (χ1n) is 6.42. The van der Waals surface area contributed by atoms with E-state index in [4.69, 9.17) is 11.6 Å². The van der Waals surface area contributed by atoms with E-state index in [0.717, 1.165) is 16.5 Å². The topological polar surface area (TPSA) is 37.4 Å². The molecule has 21 heavy (non-hydrogen) atoms. The SMILES string of the molecule is C[C@@H](c1ccc(Cl)cc1)N1C(=O)c2ccc(F)cc2C1=O. The first kappa shape index (κ1) is 13.8. The molecule has 5 heteroatoms. The Morgan fingerprint density at radius 3 is 2.29 bits per heavy atom. The van der Waals surface area contributed by atoms with E-state index in [1.807, 2.05) is 0 Å². The highest BCUT2D eigenvalue weighted by Gasteiger charge is 2.39. The van der Waals surface area contributed by atoms with E-state index in [1.165, 1.54) is 12.1 Å². The van der Waals surface area contributed by atoms with E-state index in [2.05, 4.69) is 0 Å². The summed E-state index contributed by atoms with van der Waals surface area (Å²) in [6.07, 6.45) is 0. The van der Waals surface area contributed by atoms with Crippen LogP contribution in [-0.2, 0) is 0 Å². The van der Waals surface area contributed by atoms with Crippen molar-refractivity contribution in [3.63, 3.8) is 0 Å². The van der Waals surface area contributed by atoms with Crippen LogP contribution in [0.1, 0.15) is 39.2 Å². The second-order valence-corrected chi connectivity index (χ2v) is 5.33. The van der Waals surface area contributed by atoms with Crippen LogP contribution < -0.4 is 0 Å². The van der Waals surface area contributed by atoms with Gasteiger partial charge in [-0.3, -0.25) is 14.5 Å². The van der Waals surface area contributed by atoms with E-state index >= 15 is 0 Å². The first-order chi connectivity index (χ1) is 9.99. The van der Waals surface area contributed by atoms with Gasteiger partial charge in [0.15, 0.2) is 0 Å². The Balaban J connectivity index is 1.99. The van der Waals surface area contributed by atoms with Gasteiger partial charge in [-0.15, -0.1) is 0 Å². The Labute approximate surface area is 125 Å². The molecule has 0 saturated carbocycles. The van der Waals surface area contributed by atoms with Crippen LogP contribution in [0, 0.1) is 5.82 Å². The molecule has 0 fully saturated rings. The lowest BCUT2D eigenvalue weighted by atomic mass is 10.1. The molecular formula is C16H11ClFNO2. The molecule has 1 aliphatic rings. The molecule has 3 rings (SSSR count). The van der Waals surface area contributed by atoms with Crippen molar-refractivity contribution in [3.8, 4) is 0 Å². The lowest BCUT2D eigenvalue weighted by molar-refractivity contribution is 0.0595. The molecule has 2 amide bonds. The zero-order chi connectivity index (χ0) is 15.1. The minimum atomic E-state index is -0.532. The Morgan fingerprint density at radius 2 is 1.62 bits per heavy atom. The predicted molar refractivity (Wildman–Crippen MR) is 76.8 cm³/mol. The Morgan fingerprint density at radius 1 is 1.00 bits per heavy atom. The van der Waals surface area contributed by atoms with Gasteiger partial charge in [-0.05, 0) is 42.8 Å². The molecule has 2 aromatic rings. The van der Waals surface area contributed by atoms with E-state index in [0.29, 0.717) is 5.02 Å². The van der Waals surface area contributed by atoms with Gasteiger partial charge >= 0.3 is 0 Å². The molecule has 0 saturated heterocycles. The van der Waals surface area contributed by atoms with Crippen LogP contribution in [0.4, 0.5) is 4.39 Å². The molecule has 0 spiro atoms. The Kier molecular flexibility index (Phi) is 3.26. The highest BCUT2D eigenvalue weighted by atomic mass is 35.5. The van der Waals surface area contributed by atoms with Crippen LogP contribution in [0.3, 0.4) is 0 Å². The summed E-state index contributed by atoms with van der Waals surface area (Å²) in [5.41, 5.74) is 1.14. The van der Waals surface area contributed by atoms with Crippen LogP contribution in [0.25, 0.3) is 0 Å². The summed E-state index contributed by atoms with van der Waals surface area (Å²) in [6.45, 7) is 1.75. The third kappa shape index (κ3) is 2.21. The second-order valence-electron chi connectivity index (χ2n) is 4.90. The maximum atomic E-state index is 13.3. The summed E-state index contributed by atoms with van der Waals surface area (Å²) in [4.78, 5) is 25.9. The predicted octanol–water partition coefficient (Wildman–Crippen LogP) is 3.84. The minimum absolute atomic E-state index is 0.112. The van der Waals surface area contributed by atoms with Crippen molar-refractivity contribution in [2.75, 3.05) is 0 Å². The highest BCUT2D eigenvalue weighted by molar-refractivity contribution is 6.30. The largest absolute Gasteiger partial charge is 0.269 e. The molecular weight excluding hydrogens is 293 g/mol. The van der Waals surface area contributed by atoms with Crippen molar-refractivity contribution in [3.05, 3.63) is 70.0 Å². The van der Waals surface area contributed by atoms with Crippen LogP contribution >= 0.6 is 11.6 Å². The van der Waals surface area contributed by atoms with Crippen molar-refractivity contribution in [1.82, 2.24) is 4.90 Å². The summed E-state index contributed by atoms with van der Waals surface area (Å²) in [5.74, 6) is -1.41. The van der Waals surface area contributed by atoms with E-state index < -0.39 is 23.7 Å². The summed E-state index contributed by atoms with van der Waals surface area (Å²) < 4.78 is 13.3. The lowest BCUT2D eigenvalue weighted by Crippen LogP contribution is -2.32. The Bertz CT molecular complexity index is 742. The lowest BCUT2D eigenvalue weighted by Gasteiger charge is -2.22. The molecule has 0 aromatic heterocycles. The molecule has 1 atom stereocenters. The van der Waals surface area contributed by atoms with Crippen LogP contribution in [0.15, 0.2) is 42.5 Å². The van der Waals surface area contributed by atoms with Crippen LogP contribution in [0.2, 0.25) is 5.02 Å². The maximum Gasteiger partial charge on any atom is 0.262 e. The Hall–Kier alpha value is -2.20. The number of amides is 2. The zero-order valence-electron chi connectivity index (χ0n) is 11.1. The number of nitrogens with zero attached hydrogens (tertiary/aromatic N) is 1. The van der Waals surface area contributed by atoms with Crippen LogP contribution in [-0.4, -0.2) is 16.7 Å². The van der Waals surface area contributed by atoms with Gasteiger partial charge in [0.05, 0.1) is 17.2 Å². The number of rotatable bonds is 2. The van der Waals surface area contributed by atoms with Gasteiger partial charge < -0.3 is 0 Å². The number of hydrogen-bond acceptors (Lipinski definition) is 2. The average Bonchev–Trinajstić information content (AvgIpc) is 2.70. The van der Waals surface area contributed by atoms with Crippen molar-refractivity contribution in [1.29, 1.82) is 0 Å². The van der Waals surface area contributed by atoms with E-state index in [-0.39, 0.29) is 11.1 Å². The van der Waals surface area contributed by atoms with Gasteiger partial charge in [0.1, 0.15) is 5.82 Å². The first-order valence-corrected chi connectivity index (χ1v) is 6.80. The number of benzene rings is 2. The number of halogens is 2. The fourth-order valence-corrected chi connectivity index (χ4v) is 2.60. The van der Waals surface area contributed by atoms with E-state index in [9.17, 15) is 14.0 Å². The average molecular weight is 304 g/mol. The van der Waals surface area contributed by atoms with E-state index in [1.54, 1.807) is 31.2 Å². The van der Waals surface area contributed by atoms with Crippen molar-refractivity contribution >= 4 is 23.4 Å². The smallest absolute Gasteiger partial charge is 0.262 e.